The molecule has 29 heavy (non-hydrogen) atoms. The number of nitrogens with zero attached hydrogens (tertiary/aromatic N) is 5. The lowest BCUT2D eigenvalue weighted by molar-refractivity contribution is 0.262. The van der Waals surface area contributed by atoms with E-state index in [1.165, 1.54) is 42.4 Å². The number of aryl methyl sites for hydroxylation is 1. The smallest absolute Gasteiger partial charge is 0.236 e. The summed E-state index contributed by atoms with van der Waals surface area (Å²) in [5, 5.41) is 14.0. The van der Waals surface area contributed by atoms with Gasteiger partial charge in [0, 0.05) is 29.1 Å². The van der Waals surface area contributed by atoms with Crippen molar-refractivity contribution in [2.45, 2.75) is 51.0 Å². The van der Waals surface area contributed by atoms with Gasteiger partial charge in [0.1, 0.15) is 12.4 Å². The van der Waals surface area contributed by atoms with Crippen LogP contribution < -0.4 is 4.74 Å². The van der Waals surface area contributed by atoms with Crippen molar-refractivity contribution in [1.29, 1.82) is 0 Å². The largest absolute Gasteiger partial charge is 0.468 e. The molecule has 3 aromatic heterocycles. The highest BCUT2D eigenvalue weighted by Gasteiger charge is 2.39. The van der Waals surface area contributed by atoms with Crippen LogP contribution in [-0.4, -0.2) is 29.8 Å². The van der Waals surface area contributed by atoms with Gasteiger partial charge in [-0.1, -0.05) is 29.8 Å². The van der Waals surface area contributed by atoms with Crippen molar-refractivity contribution in [3.05, 3.63) is 59.2 Å². The molecule has 1 fully saturated rings. The standard InChI is InChI=1S/C22H22N6O/c1-13-2-4-16(5-3-13)20-25-26-21-18-14-6-8-15(9-7-14)19(18)22(27-28(20)21)29-12-17-23-10-11-24-17/h2-5,10-11,14-15H,6-9,12H2,1H3,(H,23,24). The van der Waals surface area contributed by atoms with Gasteiger partial charge in [0.15, 0.2) is 11.5 Å². The molecule has 2 bridgehead atoms. The van der Waals surface area contributed by atoms with Crippen molar-refractivity contribution in [2.75, 3.05) is 0 Å². The van der Waals surface area contributed by atoms with Gasteiger partial charge in [-0.25, -0.2) is 4.98 Å². The molecule has 1 saturated carbocycles. The van der Waals surface area contributed by atoms with E-state index in [4.69, 9.17) is 9.84 Å². The normalized spacial score (nSPS) is 20.2. The summed E-state index contributed by atoms with van der Waals surface area (Å²) in [5.41, 5.74) is 5.65. The Balaban J connectivity index is 1.52. The third-order valence-electron chi connectivity index (χ3n) is 6.35. The van der Waals surface area contributed by atoms with Crippen molar-refractivity contribution in [1.82, 2.24) is 29.8 Å². The van der Waals surface area contributed by atoms with E-state index < -0.39 is 0 Å². The Kier molecular flexibility index (Phi) is 3.69. The average Bonchev–Trinajstić information content (AvgIpc) is 3.43. The number of hydrogen-bond acceptors (Lipinski definition) is 5. The van der Waals surface area contributed by atoms with Gasteiger partial charge in [0.05, 0.1) is 0 Å². The summed E-state index contributed by atoms with van der Waals surface area (Å²) in [6, 6.07) is 8.32. The molecule has 7 rings (SSSR count). The van der Waals surface area contributed by atoms with E-state index in [9.17, 15) is 0 Å². The molecule has 0 aliphatic heterocycles. The maximum Gasteiger partial charge on any atom is 0.236 e. The fourth-order valence-corrected chi connectivity index (χ4v) is 4.89. The van der Waals surface area contributed by atoms with Gasteiger partial charge in [-0.2, -0.15) is 4.52 Å². The summed E-state index contributed by atoms with van der Waals surface area (Å²) in [6.45, 7) is 2.45. The molecule has 1 N–H and O–H groups in total. The first-order valence-electron chi connectivity index (χ1n) is 10.2. The molecule has 146 valence electrons. The molecule has 0 spiro atoms. The summed E-state index contributed by atoms with van der Waals surface area (Å²) in [6.07, 6.45) is 8.37. The van der Waals surface area contributed by atoms with Crippen LogP contribution in [0.3, 0.4) is 0 Å². The first kappa shape index (κ1) is 16.7. The van der Waals surface area contributed by atoms with Crippen LogP contribution in [-0.2, 0) is 6.61 Å². The van der Waals surface area contributed by atoms with Gasteiger partial charge in [-0.15, -0.1) is 15.3 Å². The van der Waals surface area contributed by atoms with Crippen LogP contribution in [0.4, 0.5) is 0 Å². The zero-order valence-corrected chi connectivity index (χ0v) is 16.3. The Morgan fingerprint density at radius 1 is 1.03 bits per heavy atom. The summed E-state index contributed by atoms with van der Waals surface area (Å²) in [4.78, 5) is 7.38. The minimum Gasteiger partial charge on any atom is -0.468 e. The molecule has 3 aliphatic carbocycles. The zero-order valence-electron chi connectivity index (χ0n) is 16.3. The first-order chi connectivity index (χ1) is 14.3. The minimum atomic E-state index is 0.372. The van der Waals surface area contributed by atoms with Crippen molar-refractivity contribution in [3.63, 3.8) is 0 Å². The Morgan fingerprint density at radius 2 is 1.79 bits per heavy atom. The first-order valence-corrected chi connectivity index (χ1v) is 10.2. The summed E-state index contributed by atoms with van der Waals surface area (Å²) < 4.78 is 8.08. The lowest BCUT2D eigenvalue weighted by Gasteiger charge is -2.38. The summed E-state index contributed by atoms with van der Waals surface area (Å²) in [5.74, 6) is 3.27. The van der Waals surface area contributed by atoms with E-state index in [0.717, 1.165) is 22.9 Å². The van der Waals surface area contributed by atoms with Gasteiger partial charge in [-0.05, 0) is 44.4 Å². The highest BCUT2D eigenvalue weighted by Crippen LogP contribution is 2.53. The highest BCUT2D eigenvalue weighted by molar-refractivity contribution is 5.65. The molecule has 7 heteroatoms. The molecule has 0 saturated heterocycles. The fraction of sp³-hybridized carbons (Fsp3) is 0.364. The van der Waals surface area contributed by atoms with Crippen molar-refractivity contribution in [2.24, 2.45) is 0 Å². The van der Waals surface area contributed by atoms with Crippen LogP contribution in [0.1, 0.15) is 60.0 Å². The van der Waals surface area contributed by atoms with Crippen LogP contribution in [0.25, 0.3) is 17.0 Å². The number of ether oxygens (including phenoxy) is 1. The van der Waals surface area contributed by atoms with E-state index >= 15 is 0 Å². The van der Waals surface area contributed by atoms with Gasteiger partial charge in [-0.3, -0.25) is 0 Å². The van der Waals surface area contributed by atoms with Crippen LogP contribution >= 0.6 is 0 Å². The molecule has 0 radical (unpaired) electrons. The third-order valence-corrected chi connectivity index (χ3v) is 6.35. The van der Waals surface area contributed by atoms with E-state index in [1.54, 1.807) is 6.20 Å². The molecule has 0 amide bonds. The lowest BCUT2D eigenvalue weighted by Crippen LogP contribution is -2.25. The Labute approximate surface area is 168 Å². The maximum atomic E-state index is 6.21. The van der Waals surface area contributed by atoms with E-state index in [0.29, 0.717) is 24.3 Å². The van der Waals surface area contributed by atoms with E-state index in [2.05, 4.69) is 51.4 Å². The quantitative estimate of drug-likeness (QED) is 0.570. The summed E-state index contributed by atoms with van der Waals surface area (Å²) in [7, 11) is 0. The molecule has 0 unspecified atom stereocenters. The number of aromatic amines is 1. The maximum absolute atomic E-state index is 6.21. The predicted octanol–water partition coefficient (Wildman–Crippen LogP) is 4.16. The molecular formula is C22H22N6O. The van der Waals surface area contributed by atoms with Crippen LogP contribution in [0.5, 0.6) is 5.88 Å². The number of imidazole rings is 1. The number of fused-ring (bicyclic) bond motifs is 3. The molecule has 7 nitrogen and oxygen atoms in total. The zero-order chi connectivity index (χ0) is 19.4. The fourth-order valence-electron chi connectivity index (χ4n) is 4.89. The second-order valence-corrected chi connectivity index (χ2v) is 8.13. The number of H-pyrrole nitrogens is 1. The molecule has 0 atom stereocenters. The molecule has 1 aromatic carbocycles. The van der Waals surface area contributed by atoms with Crippen molar-refractivity contribution in [3.8, 4) is 17.3 Å². The third kappa shape index (κ3) is 2.64. The van der Waals surface area contributed by atoms with Gasteiger partial charge in [0.25, 0.3) is 0 Å². The Bertz CT molecular complexity index is 1170. The molecular weight excluding hydrogens is 364 g/mol. The average molecular weight is 386 g/mol. The SMILES string of the molecule is Cc1ccc(-c2nnc3c4c(c(OCc5ncc[nH]5)nn23)C2CCC4CC2)cc1. The number of aromatic nitrogens is 6. The van der Waals surface area contributed by atoms with E-state index in [1.807, 2.05) is 10.7 Å². The van der Waals surface area contributed by atoms with E-state index in [-0.39, 0.29) is 0 Å². The molecule has 4 aromatic rings. The number of rotatable bonds is 4. The minimum absolute atomic E-state index is 0.372. The number of benzene rings is 1. The van der Waals surface area contributed by atoms with Gasteiger partial charge in [0.2, 0.25) is 5.88 Å². The Morgan fingerprint density at radius 3 is 2.52 bits per heavy atom. The number of nitrogens with one attached hydrogen (secondary N) is 1. The highest BCUT2D eigenvalue weighted by atomic mass is 16.5. The topological polar surface area (TPSA) is 81.0 Å². The van der Waals surface area contributed by atoms with Crippen molar-refractivity contribution < 1.29 is 4.74 Å². The predicted molar refractivity (Wildman–Crippen MR) is 108 cm³/mol. The van der Waals surface area contributed by atoms with Crippen LogP contribution in [0, 0.1) is 6.92 Å². The van der Waals surface area contributed by atoms with Crippen LogP contribution in [0.15, 0.2) is 36.7 Å². The monoisotopic (exact) mass is 386 g/mol. The second kappa shape index (κ2) is 6.40. The van der Waals surface area contributed by atoms with Gasteiger partial charge < -0.3 is 9.72 Å². The lowest BCUT2D eigenvalue weighted by atomic mass is 9.67. The van der Waals surface area contributed by atoms with Gasteiger partial charge >= 0.3 is 0 Å². The molecule has 3 aliphatic rings. The van der Waals surface area contributed by atoms with Crippen LogP contribution in [0.2, 0.25) is 0 Å². The second-order valence-electron chi connectivity index (χ2n) is 8.13. The Hall–Kier alpha value is -3.22. The van der Waals surface area contributed by atoms with Crippen molar-refractivity contribution >= 4 is 5.65 Å². The summed E-state index contributed by atoms with van der Waals surface area (Å²) >= 11 is 0. The molecule has 3 heterocycles. The number of hydrogen-bond donors (Lipinski definition) is 1.